The van der Waals surface area contributed by atoms with Gasteiger partial charge in [0.1, 0.15) is 0 Å². The van der Waals surface area contributed by atoms with Crippen molar-refractivity contribution in [1.29, 1.82) is 0 Å². The van der Waals surface area contributed by atoms with Crippen LogP contribution in [0.3, 0.4) is 0 Å². The number of rotatable bonds is 10. The van der Waals surface area contributed by atoms with Crippen LogP contribution in [0.25, 0.3) is 0 Å². The van der Waals surface area contributed by atoms with E-state index in [2.05, 4.69) is 24.0 Å². The molecule has 20 heavy (non-hydrogen) atoms. The Morgan fingerprint density at radius 3 is 2.40 bits per heavy atom. The van der Waals surface area contributed by atoms with Gasteiger partial charge in [0.05, 0.1) is 6.61 Å². The average Bonchev–Trinajstić information content (AvgIpc) is 2.48. The minimum absolute atomic E-state index is 0. The fraction of sp³-hybridized carbons (Fsp3) is 0.429. The molecule has 0 bridgehead atoms. The lowest BCUT2D eigenvalue weighted by Crippen LogP contribution is -2.46. The van der Waals surface area contributed by atoms with Gasteiger partial charge in [-0.2, -0.15) is 0 Å². The third-order valence-electron chi connectivity index (χ3n) is 2.82. The van der Waals surface area contributed by atoms with Crippen LogP contribution in [-0.2, 0) is 19.8 Å². The Labute approximate surface area is 128 Å². The number of benzene rings is 1. The summed E-state index contributed by atoms with van der Waals surface area (Å²) >= 11 is 0. The summed E-state index contributed by atoms with van der Waals surface area (Å²) in [7, 11) is 0.734. The minimum atomic E-state index is -2.54. The molecule has 0 aliphatic carbocycles. The molecule has 0 saturated carbocycles. The normalized spacial score (nSPS) is 10.9. The summed E-state index contributed by atoms with van der Waals surface area (Å²) in [6.45, 7) is 5.72. The van der Waals surface area contributed by atoms with Crippen molar-refractivity contribution in [3.05, 3.63) is 48.6 Å². The van der Waals surface area contributed by atoms with Crippen molar-refractivity contribution >= 4 is 21.2 Å². The Morgan fingerprint density at radius 2 is 1.85 bits per heavy atom. The van der Waals surface area contributed by atoms with E-state index in [0.29, 0.717) is 6.61 Å². The van der Waals surface area contributed by atoms with Crippen molar-refractivity contribution < 1.29 is 13.3 Å². The highest BCUT2D eigenvalue weighted by Crippen LogP contribution is 2.13. The summed E-state index contributed by atoms with van der Waals surface area (Å²) in [4.78, 5) is 0. The quantitative estimate of drug-likeness (QED) is 0.409. The third-order valence-corrected chi connectivity index (χ3v) is 5.54. The zero-order valence-corrected chi connectivity index (χ0v) is 13.9. The molecule has 0 amide bonds. The Balaban J connectivity index is 0.00000361. The topological polar surface area (TPSA) is 39.7 Å². The van der Waals surface area contributed by atoms with Crippen molar-refractivity contribution in [3.8, 4) is 0 Å². The van der Waals surface area contributed by atoms with Gasteiger partial charge in [0.2, 0.25) is 0 Å². The van der Waals surface area contributed by atoms with Gasteiger partial charge >= 0.3 is 8.80 Å². The summed E-state index contributed by atoms with van der Waals surface area (Å²) in [6, 6.07) is 11.0. The second-order valence-corrected chi connectivity index (χ2v) is 7.07. The maximum atomic E-state index is 5.67. The molecule has 0 aromatic heterocycles. The molecule has 1 N–H and O–H groups in total. The van der Waals surface area contributed by atoms with Gasteiger partial charge < -0.3 is 18.6 Å². The molecule has 1 rings (SSSR count). The molecule has 4 nitrogen and oxygen atoms in total. The van der Waals surface area contributed by atoms with E-state index in [9.17, 15) is 0 Å². The largest absolute Gasteiger partial charge is 0.501 e. The van der Waals surface area contributed by atoms with Gasteiger partial charge in [0.15, 0.2) is 0 Å². The molecule has 0 atom stereocenters. The smallest absolute Gasteiger partial charge is 0.377 e. The van der Waals surface area contributed by atoms with E-state index in [4.69, 9.17) is 13.3 Å². The van der Waals surface area contributed by atoms with Crippen LogP contribution < -0.4 is 5.32 Å². The van der Waals surface area contributed by atoms with Crippen LogP contribution in [0.2, 0.25) is 6.04 Å². The van der Waals surface area contributed by atoms with E-state index in [1.807, 2.05) is 18.2 Å². The van der Waals surface area contributed by atoms with Gasteiger partial charge in [-0.05, 0) is 12.1 Å². The molecule has 0 unspecified atom stereocenters. The molecule has 1 aromatic rings. The van der Waals surface area contributed by atoms with Gasteiger partial charge in [-0.15, -0.1) is 19.0 Å². The molecule has 0 heterocycles. The highest BCUT2D eigenvalue weighted by molar-refractivity contribution is 6.60. The maximum absolute atomic E-state index is 5.67. The minimum Gasteiger partial charge on any atom is -0.377 e. The van der Waals surface area contributed by atoms with Crippen LogP contribution >= 0.6 is 12.4 Å². The lowest BCUT2D eigenvalue weighted by molar-refractivity contribution is 0.110. The van der Waals surface area contributed by atoms with Crippen molar-refractivity contribution in [2.45, 2.75) is 12.6 Å². The van der Waals surface area contributed by atoms with Crippen molar-refractivity contribution in [3.63, 3.8) is 0 Å². The van der Waals surface area contributed by atoms with Crippen LogP contribution in [0.1, 0.15) is 5.56 Å². The second-order valence-electron chi connectivity index (χ2n) is 4.10. The number of hydrogen-bond acceptors (Lipinski definition) is 4. The zero-order valence-electron chi connectivity index (χ0n) is 12.1. The third kappa shape index (κ3) is 6.65. The molecule has 0 saturated heterocycles. The number of hydrogen-bond donors (Lipinski definition) is 1. The molecule has 6 heteroatoms. The first-order valence-electron chi connectivity index (χ1n) is 6.36. The van der Waals surface area contributed by atoms with Gasteiger partial charge in [0.25, 0.3) is 0 Å². The predicted octanol–water partition coefficient (Wildman–Crippen LogP) is 2.63. The Morgan fingerprint density at radius 1 is 1.20 bits per heavy atom. The molecule has 0 radical (unpaired) electrons. The summed E-state index contributed by atoms with van der Waals surface area (Å²) in [5, 5.41) is 3.37. The molecular formula is C14H24ClNO3Si. The van der Waals surface area contributed by atoms with E-state index in [0.717, 1.165) is 19.1 Å². The average molecular weight is 318 g/mol. The predicted molar refractivity (Wildman–Crippen MR) is 86.1 cm³/mol. The second kappa shape index (κ2) is 11.0. The lowest BCUT2D eigenvalue weighted by atomic mass is 10.2. The fourth-order valence-corrected chi connectivity index (χ4v) is 3.54. The van der Waals surface area contributed by atoms with Crippen molar-refractivity contribution in [2.24, 2.45) is 0 Å². The van der Waals surface area contributed by atoms with Gasteiger partial charge in [0, 0.05) is 26.8 Å². The first kappa shape index (κ1) is 19.3. The molecule has 0 fully saturated rings. The Kier molecular flexibility index (Phi) is 10.6. The van der Waals surface area contributed by atoms with E-state index in [-0.39, 0.29) is 12.4 Å². The summed E-state index contributed by atoms with van der Waals surface area (Å²) < 4.78 is 16.6. The molecule has 0 aliphatic heterocycles. The van der Waals surface area contributed by atoms with Gasteiger partial charge in [-0.1, -0.05) is 36.4 Å². The summed E-state index contributed by atoms with van der Waals surface area (Å²) in [5.41, 5.74) is 1.26. The molecule has 114 valence electrons. The standard InChI is InChI=1S/C14H23NO3Si.ClH/c1-4-11-18-19(16-2,17-3)12-10-15-13-14-8-6-5-7-9-14;/h4-9,15H,1,10-13H2,2-3H3;1H. The molecule has 0 aliphatic rings. The fourth-order valence-electron chi connectivity index (χ4n) is 1.73. The van der Waals surface area contributed by atoms with Crippen LogP contribution in [0.5, 0.6) is 0 Å². The molecular weight excluding hydrogens is 294 g/mol. The van der Waals surface area contributed by atoms with Crippen LogP contribution in [0.4, 0.5) is 0 Å². The summed E-state index contributed by atoms with van der Waals surface area (Å²) in [6.07, 6.45) is 1.71. The van der Waals surface area contributed by atoms with Crippen LogP contribution in [0.15, 0.2) is 43.0 Å². The lowest BCUT2D eigenvalue weighted by Gasteiger charge is -2.25. The number of nitrogens with one attached hydrogen (secondary N) is 1. The molecule has 0 spiro atoms. The van der Waals surface area contributed by atoms with E-state index >= 15 is 0 Å². The first-order valence-corrected chi connectivity index (χ1v) is 8.29. The van der Waals surface area contributed by atoms with Gasteiger partial charge in [-0.25, -0.2) is 0 Å². The summed E-state index contributed by atoms with van der Waals surface area (Å²) in [5.74, 6) is 0. The van der Waals surface area contributed by atoms with Gasteiger partial charge in [-0.3, -0.25) is 0 Å². The SMILES string of the molecule is C=CCO[Si](CCNCc1ccccc1)(OC)OC.Cl. The van der Waals surface area contributed by atoms with E-state index < -0.39 is 8.80 Å². The Bertz CT molecular complexity index is 361. The van der Waals surface area contributed by atoms with E-state index in [1.165, 1.54) is 5.56 Å². The highest BCUT2D eigenvalue weighted by atomic mass is 35.5. The molecule has 1 aromatic carbocycles. The van der Waals surface area contributed by atoms with Crippen LogP contribution in [0, 0.1) is 0 Å². The van der Waals surface area contributed by atoms with Crippen LogP contribution in [-0.4, -0.2) is 36.2 Å². The van der Waals surface area contributed by atoms with Crippen molar-refractivity contribution in [2.75, 3.05) is 27.4 Å². The maximum Gasteiger partial charge on any atom is 0.501 e. The first-order chi connectivity index (χ1) is 9.26. The highest BCUT2D eigenvalue weighted by Gasteiger charge is 2.37. The zero-order chi connectivity index (χ0) is 14.0. The van der Waals surface area contributed by atoms with Crippen molar-refractivity contribution in [1.82, 2.24) is 5.32 Å². The number of halogens is 1. The van der Waals surface area contributed by atoms with E-state index in [1.54, 1.807) is 20.3 Å². The Hall–Kier alpha value is -0.693. The monoisotopic (exact) mass is 317 g/mol.